The molecule has 4 rings (SSSR count). The minimum atomic E-state index is -1.55. The number of carboxylic acid groups (broad SMARTS) is 1. The molecule has 2 atom stereocenters. The fraction of sp³-hybridized carbons (Fsp3) is 0.414. The minimum Gasteiger partial charge on any atom is -0.481 e. The smallest absolute Gasteiger partial charge is 0.343 e. The number of nitrogens with zero attached hydrogens (tertiary/aromatic N) is 4. The van der Waals surface area contributed by atoms with Crippen LogP contribution in [0.25, 0.3) is 0 Å². The van der Waals surface area contributed by atoms with E-state index in [0.717, 1.165) is 22.6 Å². The number of carbonyl (C=O) groups is 3. The van der Waals surface area contributed by atoms with Crippen molar-refractivity contribution >= 4 is 23.7 Å². The van der Waals surface area contributed by atoms with Crippen LogP contribution in [-0.2, 0) is 15.0 Å². The first-order chi connectivity index (χ1) is 19.2. The Morgan fingerprint density at radius 2 is 1.90 bits per heavy atom. The maximum Gasteiger partial charge on any atom is 0.343 e. The van der Waals surface area contributed by atoms with Crippen LogP contribution in [0.4, 0.5) is 13.6 Å². The summed E-state index contributed by atoms with van der Waals surface area (Å²) in [5, 5.41) is 22.2. The first kappa shape index (κ1) is 28.8. The zero-order chi connectivity index (χ0) is 28.9. The number of hydrogen-bond donors (Lipinski definition) is 2. The fourth-order valence-corrected chi connectivity index (χ4v) is 5.50. The number of benzene rings is 2. The third-order valence-corrected chi connectivity index (χ3v) is 7.68. The van der Waals surface area contributed by atoms with Gasteiger partial charge in [0.05, 0.1) is 17.5 Å². The van der Waals surface area contributed by atoms with Crippen LogP contribution >= 0.6 is 0 Å². The summed E-state index contributed by atoms with van der Waals surface area (Å²) in [6.45, 7) is 3.70. The lowest BCUT2D eigenvalue weighted by atomic mass is 9.74. The number of nitrogens with one attached hydrogen (secondary N) is 1. The molecular weight excluding hydrogens is 520 g/mol. The van der Waals surface area contributed by atoms with Crippen LogP contribution in [0.2, 0.25) is 0 Å². The van der Waals surface area contributed by atoms with Crippen molar-refractivity contribution in [1.29, 1.82) is 5.26 Å². The van der Waals surface area contributed by atoms with Crippen LogP contribution < -0.4 is 5.32 Å². The van der Waals surface area contributed by atoms with E-state index in [9.17, 15) is 33.5 Å². The number of rotatable bonds is 8. The highest BCUT2D eigenvalue weighted by molar-refractivity contribution is 6.12. The Morgan fingerprint density at radius 3 is 2.50 bits per heavy atom. The highest BCUT2D eigenvalue weighted by Crippen LogP contribution is 2.35. The number of halogens is 2. The molecule has 3 amide bonds. The van der Waals surface area contributed by atoms with Crippen LogP contribution in [-0.4, -0.2) is 64.8 Å². The molecule has 2 unspecified atom stereocenters. The van der Waals surface area contributed by atoms with E-state index in [1.54, 1.807) is 6.92 Å². The summed E-state index contributed by atoms with van der Waals surface area (Å²) in [7, 11) is 0. The number of amidine groups is 1. The molecule has 2 heterocycles. The Balaban J connectivity index is 1.41. The minimum absolute atomic E-state index is 0.0544. The second-order valence-corrected chi connectivity index (χ2v) is 10.0. The molecule has 9 nitrogen and oxygen atoms in total. The van der Waals surface area contributed by atoms with E-state index in [0.29, 0.717) is 45.0 Å². The van der Waals surface area contributed by atoms with Gasteiger partial charge in [-0.3, -0.25) is 14.5 Å². The average molecular weight is 552 g/mol. The van der Waals surface area contributed by atoms with Gasteiger partial charge in [0.15, 0.2) is 0 Å². The molecule has 0 aliphatic carbocycles. The molecule has 0 saturated carbocycles. The standard InChI is InChI=1S/C29H31F2N5O4/c1-2-36(26-24(27(38)39)25(33-28(40)34-26)21-11-10-20(30)17-22(21)31)23(37)9-6-14-35-15-12-29(18-32,13-16-35)19-7-4-3-5-8-19/h3-5,7-8,10-11,17,24-25H,2,6,9,12-16H2,1H3,(H,33,40)(H,38,39). The van der Waals surface area contributed by atoms with Crippen molar-refractivity contribution in [3.8, 4) is 6.07 Å². The quantitative estimate of drug-likeness (QED) is 0.511. The Labute approximate surface area is 231 Å². The SMILES string of the molecule is CCN(C(=O)CCCN1CCC(C#N)(c2ccccc2)CC1)C1=NC(=O)NC(c2ccc(F)cc2F)C1C(=O)O. The van der Waals surface area contributed by atoms with Crippen molar-refractivity contribution in [1.82, 2.24) is 15.1 Å². The third-order valence-electron chi connectivity index (χ3n) is 7.68. The van der Waals surface area contributed by atoms with Crippen molar-refractivity contribution in [2.75, 3.05) is 26.2 Å². The molecule has 1 saturated heterocycles. The second-order valence-electron chi connectivity index (χ2n) is 10.0. The van der Waals surface area contributed by atoms with Gasteiger partial charge in [-0.2, -0.15) is 10.3 Å². The molecule has 0 spiro atoms. The van der Waals surface area contributed by atoms with Gasteiger partial charge in [-0.15, -0.1) is 0 Å². The molecule has 2 N–H and O–H groups in total. The number of likely N-dealkylation sites (tertiary alicyclic amines) is 1. The first-order valence-electron chi connectivity index (χ1n) is 13.3. The average Bonchev–Trinajstić information content (AvgIpc) is 2.94. The van der Waals surface area contributed by atoms with Gasteiger partial charge in [-0.25, -0.2) is 13.6 Å². The van der Waals surface area contributed by atoms with Gasteiger partial charge in [0, 0.05) is 24.6 Å². The molecule has 11 heteroatoms. The van der Waals surface area contributed by atoms with Gasteiger partial charge >= 0.3 is 12.0 Å². The molecule has 2 aliphatic heterocycles. The van der Waals surface area contributed by atoms with Gasteiger partial charge in [0.1, 0.15) is 23.4 Å². The van der Waals surface area contributed by atoms with Crippen LogP contribution in [0.3, 0.4) is 0 Å². The lowest BCUT2D eigenvalue weighted by molar-refractivity contribution is -0.140. The van der Waals surface area contributed by atoms with Crippen molar-refractivity contribution in [3.05, 3.63) is 71.3 Å². The zero-order valence-corrected chi connectivity index (χ0v) is 22.1. The molecule has 0 radical (unpaired) electrons. The maximum atomic E-state index is 14.6. The molecule has 210 valence electrons. The fourth-order valence-electron chi connectivity index (χ4n) is 5.50. The van der Waals surface area contributed by atoms with Crippen LogP contribution in [0, 0.1) is 28.9 Å². The van der Waals surface area contributed by atoms with Gasteiger partial charge in [0.25, 0.3) is 0 Å². The third kappa shape index (κ3) is 6.02. The van der Waals surface area contributed by atoms with Crippen LogP contribution in [0.1, 0.15) is 49.8 Å². The van der Waals surface area contributed by atoms with Gasteiger partial charge in [0.2, 0.25) is 5.91 Å². The summed E-state index contributed by atoms with van der Waals surface area (Å²) >= 11 is 0. The first-order valence-corrected chi connectivity index (χ1v) is 13.3. The van der Waals surface area contributed by atoms with Crippen molar-refractivity contribution in [2.45, 2.75) is 44.1 Å². The Kier molecular flexibility index (Phi) is 8.90. The monoisotopic (exact) mass is 551 g/mol. The number of carbonyl (C=O) groups excluding carboxylic acids is 2. The maximum absolute atomic E-state index is 14.6. The van der Waals surface area contributed by atoms with Crippen molar-refractivity contribution in [3.63, 3.8) is 0 Å². The predicted molar refractivity (Wildman–Crippen MR) is 142 cm³/mol. The molecule has 2 aliphatic rings. The van der Waals surface area contributed by atoms with Gasteiger partial charge in [-0.05, 0) is 57.5 Å². The van der Waals surface area contributed by atoms with Crippen LogP contribution in [0.5, 0.6) is 0 Å². The Bertz CT molecular complexity index is 1340. The number of nitriles is 1. The number of urea groups is 1. The summed E-state index contributed by atoms with van der Waals surface area (Å²) in [4.78, 5) is 45.0. The lowest BCUT2D eigenvalue weighted by Crippen LogP contribution is -2.52. The Hall–Kier alpha value is -4.17. The summed E-state index contributed by atoms with van der Waals surface area (Å²) in [6, 6.07) is 12.6. The number of hydrogen-bond acceptors (Lipinski definition) is 5. The zero-order valence-electron chi connectivity index (χ0n) is 22.1. The summed E-state index contributed by atoms with van der Waals surface area (Å²) in [6.07, 6.45) is 1.91. The molecule has 0 bridgehead atoms. The Morgan fingerprint density at radius 1 is 1.20 bits per heavy atom. The number of aliphatic imine (C=N–C) groups is 1. The molecule has 40 heavy (non-hydrogen) atoms. The lowest BCUT2D eigenvalue weighted by Gasteiger charge is -2.37. The highest BCUT2D eigenvalue weighted by Gasteiger charge is 2.43. The van der Waals surface area contributed by atoms with E-state index >= 15 is 0 Å². The number of carboxylic acids is 1. The van der Waals surface area contributed by atoms with Crippen molar-refractivity contribution < 1.29 is 28.3 Å². The molecule has 2 aromatic rings. The normalized spacial score (nSPS) is 20.6. The predicted octanol–water partition coefficient (Wildman–Crippen LogP) is 4.01. The van der Waals surface area contributed by atoms with E-state index in [4.69, 9.17) is 0 Å². The second kappa shape index (κ2) is 12.3. The number of piperidine rings is 1. The van der Waals surface area contributed by atoms with E-state index in [1.165, 1.54) is 0 Å². The van der Waals surface area contributed by atoms with Crippen LogP contribution in [0.15, 0.2) is 53.5 Å². The topological polar surface area (TPSA) is 126 Å². The molecule has 1 fully saturated rings. The largest absolute Gasteiger partial charge is 0.481 e. The molecule has 0 aromatic heterocycles. The summed E-state index contributed by atoms with van der Waals surface area (Å²) < 4.78 is 28.0. The van der Waals surface area contributed by atoms with Crippen molar-refractivity contribution in [2.24, 2.45) is 10.9 Å². The van der Waals surface area contributed by atoms with E-state index < -0.39 is 46.9 Å². The molecular formula is C29H31F2N5O4. The van der Waals surface area contributed by atoms with E-state index in [1.807, 2.05) is 30.3 Å². The summed E-state index contributed by atoms with van der Waals surface area (Å²) in [5.74, 6) is -5.51. The number of amides is 3. The summed E-state index contributed by atoms with van der Waals surface area (Å²) in [5.41, 5.74) is 0.265. The molecule has 2 aromatic carbocycles. The highest BCUT2D eigenvalue weighted by atomic mass is 19.1. The van der Waals surface area contributed by atoms with E-state index in [2.05, 4.69) is 21.3 Å². The van der Waals surface area contributed by atoms with E-state index in [-0.39, 0.29) is 24.4 Å². The number of aliphatic carboxylic acids is 1. The van der Waals surface area contributed by atoms with Gasteiger partial charge in [-0.1, -0.05) is 36.4 Å². The van der Waals surface area contributed by atoms with Gasteiger partial charge < -0.3 is 15.3 Å².